The lowest BCUT2D eigenvalue weighted by atomic mass is 10.1. The maximum atomic E-state index is 5.74. The van der Waals surface area contributed by atoms with Crippen LogP contribution in [0, 0.1) is 13.8 Å². The van der Waals surface area contributed by atoms with E-state index in [0.717, 1.165) is 19.7 Å². The molecule has 1 fully saturated rings. The summed E-state index contributed by atoms with van der Waals surface area (Å²) in [5, 5.41) is 3.20. The molecule has 0 atom stereocenters. The molecule has 1 aromatic rings. The van der Waals surface area contributed by atoms with Crippen molar-refractivity contribution in [1.29, 1.82) is 0 Å². The van der Waals surface area contributed by atoms with Crippen LogP contribution >= 0.6 is 0 Å². The molecule has 0 aliphatic carbocycles. The van der Waals surface area contributed by atoms with Crippen molar-refractivity contribution in [3.05, 3.63) is 34.9 Å². The van der Waals surface area contributed by atoms with Gasteiger partial charge < -0.3 is 10.1 Å². The van der Waals surface area contributed by atoms with Crippen molar-refractivity contribution in [2.45, 2.75) is 26.6 Å². The third-order valence-electron chi connectivity index (χ3n) is 2.72. The van der Waals surface area contributed by atoms with Gasteiger partial charge >= 0.3 is 0 Å². The average Bonchev–Trinajstić information content (AvgIpc) is 2.08. The third kappa shape index (κ3) is 2.14. The molecule has 1 aliphatic rings. The first-order valence-electron chi connectivity index (χ1n) is 5.14. The fourth-order valence-electron chi connectivity index (χ4n) is 1.54. The van der Waals surface area contributed by atoms with Gasteiger partial charge in [-0.15, -0.1) is 0 Å². The van der Waals surface area contributed by atoms with Gasteiger partial charge in [0.25, 0.3) is 0 Å². The highest BCUT2D eigenvalue weighted by molar-refractivity contribution is 5.29. The number of aryl methyl sites for hydroxylation is 2. The number of hydrogen-bond acceptors (Lipinski definition) is 2. The summed E-state index contributed by atoms with van der Waals surface area (Å²) in [7, 11) is 0. The first-order chi connectivity index (χ1) is 6.75. The third-order valence-corrected chi connectivity index (χ3v) is 2.72. The van der Waals surface area contributed by atoms with Crippen LogP contribution in [0.25, 0.3) is 0 Å². The largest absolute Gasteiger partial charge is 0.371 e. The summed E-state index contributed by atoms with van der Waals surface area (Å²) in [5.41, 5.74) is 3.95. The molecule has 2 heteroatoms. The average molecular weight is 191 g/mol. The van der Waals surface area contributed by atoms with E-state index in [2.05, 4.69) is 37.4 Å². The topological polar surface area (TPSA) is 21.3 Å². The molecule has 2 rings (SSSR count). The van der Waals surface area contributed by atoms with E-state index in [1.807, 2.05) is 0 Å². The predicted octanol–water partition coefficient (Wildman–Crippen LogP) is 1.79. The minimum absolute atomic E-state index is 0.426. The second-order valence-corrected chi connectivity index (χ2v) is 4.02. The normalized spacial score (nSPS) is 16.7. The number of rotatable bonds is 3. The van der Waals surface area contributed by atoms with Gasteiger partial charge in [0.05, 0.1) is 12.7 Å². The first kappa shape index (κ1) is 9.69. The van der Waals surface area contributed by atoms with Gasteiger partial charge in [-0.25, -0.2) is 0 Å². The highest BCUT2D eigenvalue weighted by Gasteiger charge is 2.16. The molecule has 2 nitrogen and oxygen atoms in total. The molecule has 1 N–H and O–H groups in total. The van der Waals surface area contributed by atoms with Gasteiger partial charge in [-0.05, 0) is 25.0 Å². The Balaban J connectivity index is 1.96. The van der Waals surface area contributed by atoms with E-state index < -0.39 is 0 Å². The Kier molecular flexibility index (Phi) is 2.85. The maximum absolute atomic E-state index is 5.74. The fraction of sp³-hybridized carbons (Fsp3) is 0.500. The zero-order valence-corrected chi connectivity index (χ0v) is 8.84. The Hall–Kier alpha value is -0.860. The number of ether oxygens (including phenoxy) is 1. The van der Waals surface area contributed by atoms with E-state index in [1.165, 1.54) is 16.7 Å². The van der Waals surface area contributed by atoms with Gasteiger partial charge in [-0.3, -0.25) is 0 Å². The molecule has 0 amide bonds. The van der Waals surface area contributed by atoms with Crippen LogP contribution in [0.1, 0.15) is 16.7 Å². The summed E-state index contributed by atoms with van der Waals surface area (Å²) in [6.07, 6.45) is 0.426. The van der Waals surface area contributed by atoms with Crippen molar-refractivity contribution in [3.63, 3.8) is 0 Å². The lowest BCUT2D eigenvalue weighted by molar-refractivity contribution is 0.00736. The zero-order chi connectivity index (χ0) is 9.97. The zero-order valence-electron chi connectivity index (χ0n) is 8.84. The first-order valence-corrected chi connectivity index (χ1v) is 5.14. The molecule has 0 aromatic heterocycles. The second kappa shape index (κ2) is 4.11. The number of benzene rings is 1. The molecule has 0 radical (unpaired) electrons. The Morgan fingerprint density at radius 3 is 2.79 bits per heavy atom. The van der Waals surface area contributed by atoms with Crippen molar-refractivity contribution in [1.82, 2.24) is 5.32 Å². The van der Waals surface area contributed by atoms with E-state index in [4.69, 9.17) is 4.74 Å². The van der Waals surface area contributed by atoms with Gasteiger partial charge in [-0.1, -0.05) is 23.8 Å². The Labute approximate surface area is 85.3 Å². The monoisotopic (exact) mass is 191 g/mol. The Morgan fingerprint density at radius 1 is 1.36 bits per heavy atom. The lowest BCUT2D eigenvalue weighted by Crippen LogP contribution is -2.48. The smallest absolute Gasteiger partial charge is 0.0828 e. The number of hydrogen-bond donors (Lipinski definition) is 1. The van der Waals surface area contributed by atoms with Crippen LogP contribution < -0.4 is 5.32 Å². The summed E-state index contributed by atoms with van der Waals surface area (Å²) >= 11 is 0. The van der Waals surface area contributed by atoms with Crippen molar-refractivity contribution >= 4 is 0 Å². The molecule has 1 heterocycles. The van der Waals surface area contributed by atoms with Crippen molar-refractivity contribution in [2.24, 2.45) is 0 Å². The highest BCUT2D eigenvalue weighted by atomic mass is 16.5. The molecule has 0 bridgehead atoms. The van der Waals surface area contributed by atoms with Crippen LogP contribution in [0.4, 0.5) is 0 Å². The summed E-state index contributed by atoms with van der Waals surface area (Å²) < 4.78 is 5.74. The van der Waals surface area contributed by atoms with Gasteiger partial charge in [0, 0.05) is 13.1 Å². The van der Waals surface area contributed by atoms with Crippen molar-refractivity contribution < 1.29 is 4.74 Å². The van der Waals surface area contributed by atoms with Crippen molar-refractivity contribution in [2.75, 3.05) is 13.1 Å². The van der Waals surface area contributed by atoms with Crippen LogP contribution in [-0.4, -0.2) is 19.2 Å². The molecule has 0 saturated carbocycles. The predicted molar refractivity (Wildman–Crippen MR) is 57.4 cm³/mol. The maximum Gasteiger partial charge on any atom is 0.0828 e. The molecular weight excluding hydrogens is 174 g/mol. The molecule has 1 aliphatic heterocycles. The molecule has 1 saturated heterocycles. The summed E-state index contributed by atoms with van der Waals surface area (Å²) in [5.74, 6) is 0. The summed E-state index contributed by atoms with van der Waals surface area (Å²) in [4.78, 5) is 0. The lowest BCUT2D eigenvalue weighted by Gasteiger charge is -2.27. The van der Waals surface area contributed by atoms with E-state index >= 15 is 0 Å². The van der Waals surface area contributed by atoms with E-state index in [9.17, 15) is 0 Å². The highest BCUT2D eigenvalue weighted by Crippen LogP contribution is 2.13. The molecular formula is C12H17NO. The van der Waals surface area contributed by atoms with Crippen LogP contribution in [-0.2, 0) is 11.3 Å². The summed E-state index contributed by atoms with van der Waals surface area (Å²) in [6, 6.07) is 6.51. The fourth-order valence-corrected chi connectivity index (χ4v) is 1.54. The molecule has 0 spiro atoms. The minimum Gasteiger partial charge on any atom is -0.371 e. The van der Waals surface area contributed by atoms with E-state index in [0.29, 0.717) is 6.10 Å². The summed E-state index contributed by atoms with van der Waals surface area (Å²) in [6.45, 7) is 7.01. The molecule has 14 heavy (non-hydrogen) atoms. The van der Waals surface area contributed by atoms with Crippen LogP contribution in [0.5, 0.6) is 0 Å². The molecule has 76 valence electrons. The molecule has 0 unspecified atom stereocenters. The Bertz CT molecular complexity index is 318. The van der Waals surface area contributed by atoms with Gasteiger partial charge in [0.15, 0.2) is 0 Å². The second-order valence-electron chi connectivity index (χ2n) is 4.02. The van der Waals surface area contributed by atoms with E-state index in [1.54, 1.807) is 0 Å². The number of nitrogens with one attached hydrogen (secondary N) is 1. The van der Waals surface area contributed by atoms with E-state index in [-0.39, 0.29) is 0 Å². The minimum atomic E-state index is 0.426. The quantitative estimate of drug-likeness (QED) is 0.786. The standard InChI is InChI=1S/C12H17NO/c1-9-3-4-10(2)11(5-9)8-14-12-6-13-7-12/h3-5,12-13H,6-8H2,1-2H3. The Morgan fingerprint density at radius 2 is 2.14 bits per heavy atom. The van der Waals surface area contributed by atoms with Crippen LogP contribution in [0.2, 0.25) is 0 Å². The van der Waals surface area contributed by atoms with Gasteiger partial charge in [0.1, 0.15) is 0 Å². The van der Waals surface area contributed by atoms with Crippen LogP contribution in [0.3, 0.4) is 0 Å². The van der Waals surface area contributed by atoms with Gasteiger partial charge in [0.2, 0.25) is 0 Å². The SMILES string of the molecule is Cc1ccc(C)c(COC2CNC2)c1. The molecule has 1 aromatic carbocycles. The van der Waals surface area contributed by atoms with Crippen LogP contribution in [0.15, 0.2) is 18.2 Å². The van der Waals surface area contributed by atoms with Crippen molar-refractivity contribution in [3.8, 4) is 0 Å². The van der Waals surface area contributed by atoms with Gasteiger partial charge in [-0.2, -0.15) is 0 Å².